The lowest BCUT2D eigenvalue weighted by Crippen LogP contribution is -2.17. The Labute approximate surface area is 152 Å². The summed E-state index contributed by atoms with van der Waals surface area (Å²) in [6, 6.07) is 9.67. The maximum atomic E-state index is 12.2. The Bertz CT molecular complexity index is 817. The molecule has 1 aliphatic rings. The summed E-state index contributed by atoms with van der Waals surface area (Å²) < 4.78 is 21.7. The molecular formula is C18H15BrO6. The van der Waals surface area contributed by atoms with Crippen LogP contribution in [0.25, 0.3) is 0 Å². The normalized spacial score (nSPS) is 12.4. The van der Waals surface area contributed by atoms with Crippen LogP contribution in [0.15, 0.2) is 40.9 Å². The van der Waals surface area contributed by atoms with Crippen LogP contribution in [0.2, 0.25) is 0 Å². The molecule has 0 aliphatic carbocycles. The van der Waals surface area contributed by atoms with Gasteiger partial charge in [-0.05, 0) is 52.3 Å². The highest BCUT2D eigenvalue weighted by molar-refractivity contribution is 9.10. The molecule has 0 aromatic heterocycles. The minimum absolute atomic E-state index is 0.299. The summed E-state index contributed by atoms with van der Waals surface area (Å²) in [6.07, 6.45) is 0. The molecule has 1 heterocycles. The third-order valence-electron chi connectivity index (χ3n) is 3.59. The molecule has 7 heteroatoms. The lowest BCUT2D eigenvalue weighted by Gasteiger charge is -2.18. The lowest BCUT2D eigenvalue weighted by molar-refractivity contribution is 0.0474. The van der Waals surface area contributed by atoms with E-state index in [-0.39, 0.29) is 12.4 Å². The van der Waals surface area contributed by atoms with Crippen LogP contribution in [-0.2, 0) is 4.74 Å². The fourth-order valence-corrected chi connectivity index (χ4v) is 2.85. The molecule has 3 rings (SSSR count). The number of hydrogen-bond donors (Lipinski definition) is 0. The van der Waals surface area contributed by atoms with Gasteiger partial charge >= 0.3 is 5.97 Å². The van der Waals surface area contributed by atoms with Crippen LogP contribution in [0.4, 0.5) is 0 Å². The van der Waals surface area contributed by atoms with E-state index in [1.807, 2.05) is 0 Å². The molecule has 130 valence electrons. The molecule has 0 atom stereocenters. The number of Topliss-reactive ketones (excluding diaryl/α,β-unsaturated/α-hetero) is 1. The third kappa shape index (κ3) is 3.93. The Morgan fingerprint density at radius 1 is 1.04 bits per heavy atom. The first-order chi connectivity index (χ1) is 12.1. The zero-order valence-electron chi connectivity index (χ0n) is 13.4. The second-order valence-electron chi connectivity index (χ2n) is 5.21. The van der Waals surface area contributed by atoms with Crippen molar-refractivity contribution in [2.24, 2.45) is 0 Å². The maximum absolute atomic E-state index is 12.2. The minimum atomic E-state index is -0.599. The van der Waals surface area contributed by atoms with E-state index in [2.05, 4.69) is 15.9 Å². The molecule has 6 nitrogen and oxygen atoms in total. The molecule has 2 aromatic rings. The first-order valence-corrected chi connectivity index (χ1v) is 8.31. The van der Waals surface area contributed by atoms with Gasteiger partial charge in [-0.15, -0.1) is 0 Å². The molecule has 25 heavy (non-hydrogen) atoms. The van der Waals surface area contributed by atoms with Crippen LogP contribution in [0.1, 0.15) is 20.7 Å². The number of fused-ring (bicyclic) bond motifs is 1. The predicted octanol–water partition coefficient (Wildman–Crippen LogP) is 3.27. The smallest absolute Gasteiger partial charge is 0.338 e. The van der Waals surface area contributed by atoms with Gasteiger partial charge in [0.2, 0.25) is 0 Å². The standard InChI is InChI=1S/C18H15BrO6/c1-22-15-4-2-11(8-13(15)19)14(20)10-25-18(21)12-3-5-16-17(9-12)24-7-6-23-16/h2-5,8-9H,6-7,10H2,1H3. The van der Waals surface area contributed by atoms with E-state index >= 15 is 0 Å². The van der Waals surface area contributed by atoms with Gasteiger partial charge in [-0.2, -0.15) is 0 Å². The Balaban J connectivity index is 1.64. The maximum Gasteiger partial charge on any atom is 0.338 e. The summed E-state index contributed by atoms with van der Waals surface area (Å²) >= 11 is 3.32. The Hall–Kier alpha value is -2.54. The number of benzene rings is 2. The van der Waals surface area contributed by atoms with Crippen molar-refractivity contribution in [2.45, 2.75) is 0 Å². The minimum Gasteiger partial charge on any atom is -0.496 e. The van der Waals surface area contributed by atoms with E-state index in [0.717, 1.165) is 0 Å². The highest BCUT2D eigenvalue weighted by Crippen LogP contribution is 2.31. The van der Waals surface area contributed by atoms with Crippen molar-refractivity contribution < 1.29 is 28.5 Å². The molecule has 0 saturated carbocycles. The number of carbonyl (C=O) groups excluding carboxylic acids is 2. The molecular weight excluding hydrogens is 392 g/mol. The van der Waals surface area contributed by atoms with Gasteiger partial charge in [0, 0.05) is 5.56 Å². The number of ketones is 1. The second-order valence-corrected chi connectivity index (χ2v) is 6.06. The van der Waals surface area contributed by atoms with E-state index < -0.39 is 5.97 Å². The fourth-order valence-electron chi connectivity index (χ4n) is 2.31. The Kier molecular flexibility index (Phi) is 5.23. The number of hydrogen-bond acceptors (Lipinski definition) is 6. The van der Waals surface area contributed by atoms with Crippen LogP contribution in [0.5, 0.6) is 17.2 Å². The summed E-state index contributed by atoms with van der Waals surface area (Å²) in [5.41, 5.74) is 0.718. The number of ether oxygens (including phenoxy) is 4. The molecule has 0 amide bonds. The quantitative estimate of drug-likeness (QED) is 0.560. The molecule has 0 fully saturated rings. The molecule has 2 aromatic carbocycles. The van der Waals surface area contributed by atoms with Gasteiger partial charge < -0.3 is 18.9 Å². The number of methoxy groups -OCH3 is 1. The molecule has 0 spiro atoms. The number of carbonyl (C=O) groups is 2. The average molecular weight is 407 g/mol. The van der Waals surface area contributed by atoms with Crippen molar-refractivity contribution in [3.05, 3.63) is 52.0 Å². The van der Waals surface area contributed by atoms with Crippen LogP contribution in [0, 0.1) is 0 Å². The van der Waals surface area contributed by atoms with Gasteiger partial charge in [0.15, 0.2) is 23.9 Å². The number of halogens is 1. The monoisotopic (exact) mass is 406 g/mol. The summed E-state index contributed by atoms with van der Waals surface area (Å²) in [5.74, 6) is 0.782. The molecule has 0 bridgehead atoms. The van der Waals surface area contributed by atoms with E-state index in [1.54, 1.807) is 36.4 Å². The second kappa shape index (κ2) is 7.57. The van der Waals surface area contributed by atoms with Gasteiger partial charge in [0.25, 0.3) is 0 Å². The van der Waals surface area contributed by atoms with Crippen molar-refractivity contribution in [1.82, 2.24) is 0 Å². The van der Waals surface area contributed by atoms with E-state index in [4.69, 9.17) is 18.9 Å². The van der Waals surface area contributed by atoms with E-state index in [1.165, 1.54) is 7.11 Å². The van der Waals surface area contributed by atoms with Crippen molar-refractivity contribution in [3.8, 4) is 17.2 Å². The van der Waals surface area contributed by atoms with Crippen LogP contribution in [-0.4, -0.2) is 38.7 Å². The highest BCUT2D eigenvalue weighted by atomic mass is 79.9. The zero-order valence-corrected chi connectivity index (χ0v) is 15.0. The van der Waals surface area contributed by atoms with Gasteiger partial charge in [0.1, 0.15) is 19.0 Å². The SMILES string of the molecule is COc1ccc(C(=O)COC(=O)c2ccc3c(c2)OCCO3)cc1Br. The Morgan fingerprint density at radius 3 is 2.48 bits per heavy atom. The van der Waals surface area contributed by atoms with Crippen LogP contribution in [0.3, 0.4) is 0 Å². The number of rotatable bonds is 5. The topological polar surface area (TPSA) is 71.1 Å². The van der Waals surface area contributed by atoms with Crippen molar-refractivity contribution in [3.63, 3.8) is 0 Å². The predicted molar refractivity (Wildman–Crippen MR) is 92.7 cm³/mol. The summed E-state index contributed by atoms with van der Waals surface area (Å²) in [4.78, 5) is 24.3. The van der Waals surface area contributed by atoms with E-state index in [9.17, 15) is 9.59 Å². The van der Waals surface area contributed by atoms with Gasteiger partial charge in [-0.3, -0.25) is 4.79 Å². The van der Waals surface area contributed by atoms with Crippen molar-refractivity contribution >= 4 is 27.7 Å². The highest BCUT2D eigenvalue weighted by Gasteiger charge is 2.17. The van der Waals surface area contributed by atoms with Crippen molar-refractivity contribution in [2.75, 3.05) is 26.9 Å². The van der Waals surface area contributed by atoms with Gasteiger partial charge in [-0.25, -0.2) is 4.79 Å². The van der Waals surface area contributed by atoms with Crippen LogP contribution >= 0.6 is 15.9 Å². The molecule has 1 aliphatic heterocycles. The summed E-state index contributed by atoms with van der Waals surface area (Å²) in [6.45, 7) is 0.547. The molecule has 0 radical (unpaired) electrons. The zero-order chi connectivity index (χ0) is 17.8. The van der Waals surface area contributed by atoms with Crippen molar-refractivity contribution in [1.29, 1.82) is 0 Å². The van der Waals surface area contributed by atoms with Gasteiger partial charge in [0.05, 0.1) is 17.1 Å². The fraction of sp³-hybridized carbons (Fsp3) is 0.222. The van der Waals surface area contributed by atoms with E-state index in [0.29, 0.717) is 46.1 Å². The van der Waals surface area contributed by atoms with Gasteiger partial charge in [-0.1, -0.05) is 0 Å². The summed E-state index contributed by atoms with van der Waals surface area (Å²) in [7, 11) is 1.54. The third-order valence-corrected chi connectivity index (χ3v) is 4.21. The number of esters is 1. The average Bonchev–Trinajstić information content (AvgIpc) is 2.65. The largest absolute Gasteiger partial charge is 0.496 e. The Morgan fingerprint density at radius 2 is 1.76 bits per heavy atom. The first-order valence-electron chi connectivity index (χ1n) is 7.52. The lowest BCUT2D eigenvalue weighted by atomic mass is 10.1. The van der Waals surface area contributed by atoms with Crippen LogP contribution < -0.4 is 14.2 Å². The molecule has 0 saturated heterocycles. The molecule has 0 N–H and O–H groups in total. The summed E-state index contributed by atoms with van der Waals surface area (Å²) in [5, 5.41) is 0. The molecule has 0 unspecified atom stereocenters. The first kappa shape index (κ1) is 17.3.